The molecule has 4 nitrogen and oxygen atoms in total. The number of nitrogens with one attached hydrogen (secondary N) is 1. The first-order valence-electron chi connectivity index (χ1n) is 7.50. The number of aryl methyl sites for hydroxylation is 1. The number of hydrogen-bond acceptors (Lipinski definition) is 4. The van der Waals surface area contributed by atoms with Crippen LogP contribution in [0.25, 0.3) is 0 Å². The summed E-state index contributed by atoms with van der Waals surface area (Å²) in [6.07, 6.45) is 10.4. The van der Waals surface area contributed by atoms with Crippen molar-refractivity contribution in [1.29, 1.82) is 0 Å². The van der Waals surface area contributed by atoms with E-state index in [2.05, 4.69) is 10.3 Å². The molecule has 19 heavy (non-hydrogen) atoms. The van der Waals surface area contributed by atoms with Crippen molar-refractivity contribution < 1.29 is 4.74 Å². The van der Waals surface area contributed by atoms with E-state index in [-0.39, 0.29) is 0 Å². The summed E-state index contributed by atoms with van der Waals surface area (Å²) in [5.74, 6) is 0.961. The molecular formula is C15H23N3O. The topological polar surface area (TPSA) is 47.0 Å². The molecule has 2 heterocycles. The van der Waals surface area contributed by atoms with E-state index < -0.39 is 0 Å². The highest BCUT2D eigenvalue weighted by atomic mass is 16.5. The highest BCUT2D eigenvalue weighted by Crippen LogP contribution is 2.28. The van der Waals surface area contributed by atoms with E-state index in [1.165, 1.54) is 36.9 Å². The summed E-state index contributed by atoms with van der Waals surface area (Å²) >= 11 is 0. The maximum Gasteiger partial charge on any atom is 0.131 e. The molecule has 2 atom stereocenters. The van der Waals surface area contributed by atoms with Crippen LogP contribution in [0.15, 0.2) is 6.20 Å². The highest BCUT2D eigenvalue weighted by molar-refractivity contribution is 5.24. The van der Waals surface area contributed by atoms with Crippen LogP contribution in [-0.2, 0) is 17.6 Å². The Morgan fingerprint density at radius 3 is 3.05 bits per heavy atom. The SMILES string of the molecule is CNC1CCCc2nc(CC3CCCCO3)ncc21. The van der Waals surface area contributed by atoms with Gasteiger partial charge in [0.1, 0.15) is 5.82 Å². The lowest BCUT2D eigenvalue weighted by Gasteiger charge is -2.25. The lowest BCUT2D eigenvalue weighted by molar-refractivity contribution is 0.0156. The van der Waals surface area contributed by atoms with Crippen LogP contribution in [-0.4, -0.2) is 29.7 Å². The number of ether oxygens (including phenoxy) is 1. The van der Waals surface area contributed by atoms with Crippen LogP contribution in [0.5, 0.6) is 0 Å². The fourth-order valence-electron chi connectivity index (χ4n) is 3.16. The molecule has 0 radical (unpaired) electrons. The Morgan fingerprint density at radius 2 is 2.26 bits per heavy atom. The van der Waals surface area contributed by atoms with E-state index in [0.29, 0.717) is 12.1 Å². The molecule has 0 aromatic carbocycles. The highest BCUT2D eigenvalue weighted by Gasteiger charge is 2.22. The lowest BCUT2D eigenvalue weighted by Crippen LogP contribution is -2.25. The summed E-state index contributed by atoms with van der Waals surface area (Å²) in [6, 6.07) is 0.434. The van der Waals surface area contributed by atoms with Crippen LogP contribution in [0.1, 0.15) is 55.2 Å². The molecule has 1 fully saturated rings. The third kappa shape index (κ3) is 2.95. The molecule has 1 N–H and O–H groups in total. The molecule has 1 saturated heterocycles. The number of rotatable bonds is 3. The summed E-state index contributed by atoms with van der Waals surface area (Å²) in [5, 5.41) is 3.36. The molecule has 0 spiro atoms. The van der Waals surface area contributed by atoms with E-state index in [9.17, 15) is 0 Å². The van der Waals surface area contributed by atoms with Gasteiger partial charge in [0.05, 0.1) is 6.10 Å². The zero-order valence-electron chi connectivity index (χ0n) is 11.7. The van der Waals surface area contributed by atoms with Crippen molar-refractivity contribution in [3.05, 3.63) is 23.3 Å². The maximum absolute atomic E-state index is 5.78. The van der Waals surface area contributed by atoms with Gasteiger partial charge in [0, 0.05) is 36.5 Å². The first kappa shape index (κ1) is 13.0. The number of hydrogen-bond donors (Lipinski definition) is 1. The summed E-state index contributed by atoms with van der Waals surface area (Å²) in [6.45, 7) is 0.900. The van der Waals surface area contributed by atoms with Crippen LogP contribution in [0.3, 0.4) is 0 Å². The van der Waals surface area contributed by atoms with E-state index in [1.54, 1.807) is 0 Å². The van der Waals surface area contributed by atoms with Crippen molar-refractivity contribution in [3.8, 4) is 0 Å². The predicted molar refractivity (Wildman–Crippen MR) is 74.1 cm³/mol. The summed E-state index contributed by atoms with van der Waals surface area (Å²) in [4.78, 5) is 9.33. The molecule has 104 valence electrons. The van der Waals surface area contributed by atoms with E-state index in [4.69, 9.17) is 9.72 Å². The molecule has 2 unspecified atom stereocenters. The van der Waals surface area contributed by atoms with Gasteiger partial charge in [-0.25, -0.2) is 9.97 Å². The van der Waals surface area contributed by atoms with Crippen LogP contribution in [0.2, 0.25) is 0 Å². The maximum atomic E-state index is 5.78. The smallest absolute Gasteiger partial charge is 0.131 e. The van der Waals surface area contributed by atoms with Gasteiger partial charge in [-0.15, -0.1) is 0 Å². The van der Waals surface area contributed by atoms with Crippen molar-refractivity contribution in [1.82, 2.24) is 15.3 Å². The first-order chi connectivity index (χ1) is 9.36. The molecule has 3 rings (SSSR count). The van der Waals surface area contributed by atoms with Crippen LogP contribution >= 0.6 is 0 Å². The minimum absolute atomic E-state index is 0.329. The zero-order chi connectivity index (χ0) is 13.1. The Kier molecular flexibility index (Phi) is 4.09. The molecule has 1 aromatic rings. The van der Waals surface area contributed by atoms with Gasteiger partial charge in [-0.3, -0.25) is 0 Å². The van der Waals surface area contributed by atoms with Gasteiger partial charge >= 0.3 is 0 Å². The Balaban J connectivity index is 1.73. The number of nitrogens with zero attached hydrogens (tertiary/aromatic N) is 2. The van der Waals surface area contributed by atoms with Gasteiger partial charge in [0.2, 0.25) is 0 Å². The molecule has 1 aliphatic carbocycles. The van der Waals surface area contributed by atoms with Crippen molar-refractivity contribution >= 4 is 0 Å². The minimum atomic E-state index is 0.329. The van der Waals surface area contributed by atoms with Crippen LogP contribution in [0.4, 0.5) is 0 Å². The number of aromatic nitrogens is 2. The lowest BCUT2D eigenvalue weighted by atomic mass is 9.92. The van der Waals surface area contributed by atoms with Gasteiger partial charge < -0.3 is 10.1 Å². The van der Waals surface area contributed by atoms with Crippen molar-refractivity contribution in [2.75, 3.05) is 13.7 Å². The predicted octanol–water partition coefficient (Wildman–Crippen LogP) is 2.18. The standard InChI is InChI=1S/C15H23N3O/c1-16-13-6-4-7-14-12(13)10-17-15(18-14)9-11-5-2-3-8-19-11/h10-11,13,16H,2-9H2,1H3. The quantitative estimate of drug-likeness (QED) is 0.906. The fourth-order valence-corrected chi connectivity index (χ4v) is 3.16. The third-order valence-electron chi connectivity index (χ3n) is 4.26. The second-order valence-corrected chi connectivity index (χ2v) is 5.61. The van der Waals surface area contributed by atoms with Crippen molar-refractivity contribution in [3.63, 3.8) is 0 Å². The number of fused-ring (bicyclic) bond motifs is 1. The van der Waals surface area contributed by atoms with Gasteiger partial charge in [-0.2, -0.15) is 0 Å². The Hall–Kier alpha value is -1.00. The Labute approximate surface area is 115 Å². The Bertz CT molecular complexity index is 429. The molecular weight excluding hydrogens is 238 g/mol. The molecule has 0 saturated carbocycles. The monoisotopic (exact) mass is 261 g/mol. The Morgan fingerprint density at radius 1 is 1.32 bits per heavy atom. The van der Waals surface area contributed by atoms with E-state index in [1.807, 2.05) is 13.2 Å². The minimum Gasteiger partial charge on any atom is -0.378 e. The average molecular weight is 261 g/mol. The van der Waals surface area contributed by atoms with Crippen molar-refractivity contribution in [2.45, 2.75) is 57.1 Å². The summed E-state index contributed by atoms with van der Waals surface area (Å²) < 4.78 is 5.78. The third-order valence-corrected chi connectivity index (χ3v) is 4.26. The van der Waals surface area contributed by atoms with Gasteiger partial charge in [0.25, 0.3) is 0 Å². The summed E-state index contributed by atoms with van der Waals surface area (Å²) in [7, 11) is 2.02. The normalized spacial score (nSPS) is 27.0. The van der Waals surface area contributed by atoms with E-state index in [0.717, 1.165) is 31.7 Å². The largest absolute Gasteiger partial charge is 0.378 e. The molecule has 1 aromatic heterocycles. The van der Waals surface area contributed by atoms with Gasteiger partial charge in [-0.1, -0.05) is 0 Å². The molecule has 2 aliphatic rings. The molecule has 0 bridgehead atoms. The van der Waals surface area contributed by atoms with Crippen molar-refractivity contribution in [2.24, 2.45) is 0 Å². The average Bonchev–Trinajstić information content (AvgIpc) is 2.47. The zero-order valence-corrected chi connectivity index (χ0v) is 11.7. The van der Waals surface area contributed by atoms with Gasteiger partial charge in [0.15, 0.2) is 0 Å². The fraction of sp³-hybridized carbons (Fsp3) is 0.733. The molecule has 4 heteroatoms. The van der Waals surface area contributed by atoms with Gasteiger partial charge in [-0.05, 0) is 45.6 Å². The molecule has 0 amide bonds. The van der Waals surface area contributed by atoms with Crippen LogP contribution in [0, 0.1) is 0 Å². The molecule has 1 aliphatic heterocycles. The summed E-state index contributed by atoms with van der Waals surface area (Å²) in [5.41, 5.74) is 2.54. The second-order valence-electron chi connectivity index (χ2n) is 5.61. The van der Waals surface area contributed by atoms with E-state index >= 15 is 0 Å². The van der Waals surface area contributed by atoms with Crippen LogP contribution < -0.4 is 5.32 Å². The second kappa shape index (κ2) is 5.97. The first-order valence-corrected chi connectivity index (χ1v) is 7.50.